The molecule has 0 fully saturated rings. The average molecular weight is 283 g/mol. The number of hydrogen-bond acceptors (Lipinski definition) is 4. The maximum atomic E-state index is 10.1. The summed E-state index contributed by atoms with van der Waals surface area (Å²) in [5, 5.41) is 10.1. The van der Waals surface area contributed by atoms with Crippen molar-refractivity contribution in [3.8, 4) is 17.1 Å². The van der Waals surface area contributed by atoms with Gasteiger partial charge in [-0.2, -0.15) is 0 Å². The largest absolute Gasteiger partial charge is 0.507 e. The molecule has 4 heteroatoms. The summed E-state index contributed by atoms with van der Waals surface area (Å²) in [5.41, 5.74) is 3.09. The van der Waals surface area contributed by atoms with E-state index in [0.717, 1.165) is 24.4 Å². The maximum Gasteiger partial charge on any atom is 0.165 e. The van der Waals surface area contributed by atoms with E-state index in [9.17, 15) is 5.11 Å². The van der Waals surface area contributed by atoms with Crippen LogP contribution in [0.1, 0.15) is 24.6 Å². The van der Waals surface area contributed by atoms with Gasteiger partial charge in [-0.05, 0) is 37.3 Å². The van der Waals surface area contributed by atoms with Crippen LogP contribution in [-0.2, 0) is 12.8 Å². The second kappa shape index (κ2) is 5.35. The quantitative estimate of drug-likeness (QED) is 0.920. The molecule has 21 heavy (non-hydrogen) atoms. The minimum absolute atomic E-state index is 0.228. The second-order valence-corrected chi connectivity index (χ2v) is 6.06. The Morgan fingerprint density at radius 3 is 2.67 bits per heavy atom. The number of hydrogen-bond donors (Lipinski definition) is 1. The fraction of sp³-hybridized carbons (Fsp3) is 0.412. The zero-order chi connectivity index (χ0) is 15.0. The van der Waals surface area contributed by atoms with Crippen molar-refractivity contribution >= 4 is 5.82 Å². The van der Waals surface area contributed by atoms with Gasteiger partial charge in [0.15, 0.2) is 5.82 Å². The molecule has 1 atom stereocenters. The lowest BCUT2D eigenvalue weighted by molar-refractivity contribution is 0.476. The smallest absolute Gasteiger partial charge is 0.165 e. The number of benzene rings is 1. The fourth-order valence-corrected chi connectivity index (χ4v) is 2.92. The number of nitrogens with zero attached hydrogens (tertiary/aromatic N) is 3. The normalized spacial score (nSPS) is 17.4. The number of rotatable bonds is 2. The van der Waals surface area contributed by atoms with Crippen LogP contribution in [0.5, 0.6) is 5.75 Å². The highest BCUT2D eigenvalue weighted by molar-refractivity contribution is 5.66. The number of phenolic OH excluding ortho intramolecular Hbond substituents is 1. The molecule has 110 valence electrons. The second-order valence-electron chi connectivity index (χ2n) is 6.06. The van der Waals surface area contributed by atoms with E-state index in [2.05, 4.69) is 6.92 Å². The van der Waals surface area contributed by atoms with Gasteiger partial charge in [-0.1, -0.05) is 19.1 Å². The van der Waals surface area contributed by atoms with Gasteiger partial charge in [0, 0.05) is 19.7 Å². The monoisotopic (exact) mass is 283 g/mol. The van der Waals surface area contributed by atoms with Crippen LogP contribution in [-0.4, -0.2) is 29.2 Å². The molecular weight excluding hydrogens is 262 g/mol. The molecule has 0 aliphatic heterocycles. The Morgan fingerprint density at radius 2 is 1.95 bits per heavy atom. The van der Waals surface area contributed by atoms with Crippen molar-refractivity contribution in [1.29, 1.82) is 0 Å². The van der Waals surface area contributed by atoms with E-state index >= 15 is 0 Å². The molecule has 0 radical (unpaired) electrons. The van der Waals surface area contributed by atoms with Crippen molar-refractivity contribution in [3.63, 3.8) is 0 Å². The van der Waals surface area contributed by atoms with Crippen molar-refractivity contribution in [2.45, 2.75) is 26.2 Å². The molecule has 0 amide bonds. The van der Waals surface area contributed by atoms with Gasteiger partial charge < -0.3 is 10.0 Å². The van der Waals surface area contributed by atoms with E-state index in [0.29, 0.717) is 17.3 Å². The number of aromatic hydroxyl groups is 1. The van der Waals surface area contributed by atoms with Gasteiger partial charge in [-0.15, -0.1) is 0 Å². The van der Waals surface area contributed by atoms with Crippen LogP contribution in [0.4, 0.5) is 5.82 Å². The van der Waals surface area contributed by atoms with Crippen molar-refractivity contribution < 1.29 is 5.11 Å². The van der Waals surface area contributed by atoms with Crippen molar-refractivity contribution in [1.82, 2.24) is 9.97 Å². The van der Waals surface area contributed by atoms with Gasteiger partial charge in [0.05, 0.1) is 11.3 Å². The van der Waals surface area contributed by atoms with Crippen LogP contribution in [0.15, 0.2) is 24.3 Å². The van der Waals surface area contributed by atoms with Crippen molar-refractivity contribution in [2.24, 2.45) is 5.92 Å². The van der Waals surface area contributed by atoms with Gasteiger partial charge in [-0.3, -0.25) is 0 Å². The number of para-hydroxylation sites is 1. The first kappa shape index (κ1) is 13.9. The molecule has 0 bridgehead atoms. The Bertz CT molecular complexity index is 667. The van der Waals surface area contributed by atoms with E-state index in [4.69, 9.17) is 9.97 Å². The van der Waals surface area contributed by atoms with E-state index in [1.54, 1.807) is 6.07 Å². The SMILES string of the molecule is CC1CCc2c(nc(-c3ccccc3O)nc2N(C)C)C1. The Morgan fingerprint density at radius 1 is 1.19 bits per heavy atom. The molecule has 1 unspecified atom stereocenters. The summed E-state index contributed by atoms with van der Waals surface area (Å²) in [7, 11) is 4.02. The van der Waals surface area contributed by atoms with Gasteiger partial charge in [0.25, 0.3) is 0 Å². The number of aromatic nitrogens is 2. The lowest BCUT2D eigenvalue weighted by atomic mass is 9.88. The lowest BCUT2D eigenvalue weighted by Gasteiger charge is -2.26. The lowest BCUT2D eigenvalue weighted by Crippen LogP contribution is -2.21. The highest BCUT2D eigenvalue weighted by atomic mass is 16.3. The minimum atomic E-state index is 0.228. The molecule has 1 aliphatic rings. The van der Waals surface area contributed by atoms with E-state index in [1.807, 2.05) is 37.2 Å². The van der Waals surface area contributed by atoms with Crippen LogP contribution < -0.4 is 4.90 Å². The summed E-state index contributed by atoms with van der Waals surface area (Å²) < 4.78 is 0. The highest BCUT2D eigenvalue weighted by Gasteiger charge is 2.23. The third-order valence-corrected chi connectivity index (χ3v) is 4.07. The molecule has 0 spiro atoms. The number of phenols is 1. The molecule has 1 aromatic carbocycles. The third kappa shape index (κ3) is 2.58. The van der Waals surface area contributed by atoms with E-state index < -0.39 is 0 Å². The predicted molar refractivity (Wildman–Crippen MR) is 84.6 cm³/mol. The summed E-state index contributed by atoms with van der Waals surface area (Å²) >= 11 is 0. The fourth-order valence-electron chi connectivity index (χ4n) is 2.92. The average Bonchev–Trinajstić information content (AvgIpc) is 2.46. The minimum Gasteiger partial charge on any atom is -0.507 e. The number of anilines is 1. The van der Waals surface area contributed by atoms with Crippen LogP contribution in [0.25, 0.3) is 11.4 Å². The Balaban J connectivity index is 2.17. The zero-order valence-corrected chi connectivity index (χ0v) is 12.8. The predicted octanol–water partition coefficient (Wildman–Crippen LogP) is 3.04. The van der Waals surface area contributed by atoms with Crippen LogP contribution >= 0.6 is 0 Å². The summed E-state index contributed by atoms with van der Waals surface area (Å²) in [6.07, 6.45) is 3.21. The zero-order valence-electron chi connectivity index (χ0n) is 12.8. The molecule has 0 saturated heterocycles. The van der Waals surface area contributed by atoms with Gasteiger partial charge in [0.1, 0.15) is 11.6 Å². The molecule has 1 aliphatic carbocycles. The summed E-state index contributed by atoms with van der Waals surface area (Å²) in [5.74, 6) is 2.47. The van der Waals surface area contributed by atoms with Gasteiger partial charge in [-0.25, -0.2) is 9.97 Å². The summed E-state index contributed by atoms with van der Waals surface area (Å²) in [6.45, 7) is 2.26. The van der Waals surface area contributed by atoms with Gasteiger partial charge >= 0.3 is 0 Å². The van der Waals surface area contributed by atoms with Crippen LogP contribution in [0.2, 0.25) is 0 Å². The third-order valence-electron chi connectivity index (χ3n) is 4.07. The first-order chi connectivity index (χ1) is 10.1. The number of fused-ring (bicyclic) bond motifs is 1. The van der Waals surface area contributed by atoms with Crippen LogP contribution in [0.3, 0.4) is 0 Å². The molecule has 4 nitrogen and oxygen atoms in total. The van der Waals surface area contributed by atoms with Gasteiger partial charge in [0.2, 0.25) is 0 Å². The summed E-state index contributed by atoms with van der Waals surface area (Å²) in [6, 6.07) is 7.25. The standard InChI is InChI=1S/C17H21N3O/c1-11-8-9-12-14(10-11)18-16(19-17(12)20(2)3)13-6-4-5-7-15(13)21/h4-7,11,21H,8-10H2,1-3H3. The first-order valence-corrected chi connectivity index (χ1v) is 7.41. The Labute approximate surface area is 125 Å². The van der Waals surface area contributed by atoms with Crippen LogP contribution in [0, 0.1) is 5.92 Å². The van der Waals surface area contributed by atoms with Crippen molar-refractivity contribution in [3.05, 3.63) is 35.5 Å². The topological polar surface area (TPSA) is 49.3 Å². The molecular formula is C17H21N3O. The molecule has 2 aromatic rings. The van der Waals surface area contributed by atoms with E-state index in [-0.39, 0.29) is 5.75 Å². The maximum absolute atomic E-state index is 10.1. The summed E-state index contributed by atoms with van der Waals surface area (Å²) in [4.78, 5) is 11.5. The molecule has 1 aromatic heterocycles. The molecule has 3 rings (SSSR count). The Hall–Kier alpha value is -2.10. The Kier molecular flexibility index (Phi) is 3.53. The van der Waals surface area contributed by atoms with Crippen molar-refractivity contribution in [2.75, 3.05) is 19.0 Å². The molecule has 0 saturated carbocycles. The molecule has 1 N–H and O–H groups in total. The van der Waals surface area contributed by atoms with E-state index in [1.165, 1.54) is 12.0 Å². The first-order valence-electron chi connectivity index (χ1n) is 7.41. The highest BCUT2D eigenvalue weighted by Crippen LogP contribution is 2.33. The molecule has 1 heterocycles.